The number of carbonyl (C=O) groups excluding carboxylic acids is 2. The molecular weight excluding hydrogens is 206 g/mol. The number of hydrogen-bond donors (Lipinski definition) is 3. The molecule has 0 bridgehead atoms. The third kappa shape index (κ3) is 4.18. The molecule has 0 rings (SSSR count). The second-order valence-electron chi connectivity index (χ2n) is 5.48. The summed E-state index contributed by atoms with van der Waals surface area (Å²) in [5.74, 6) is -0.928. The molecule has 0 aromatic carbocycles. The molecule has 5 heteroatoms. The van der Waals surface area contributed by atoms with Gasteiger partial charge in [-0.3, -0.25) is 9.59 Å². The van der Waals surface area contributed by atoms with Gasteiger partial charge < -0.3 is 16.8 Å². The summed E-state index contributed by atoms with van der Waals surface area (Å²) in [7, 11) is 0. The molecule has 5 nitrogen and oxygen atoms in total. The molecule has 0 aromatic rings. The van der Waals surface area contributed by atoms with Crippen molar-refractivity contribution in [3.8, 4) is 0 Å². The molecule has 0 heterocycles. The lowest BCUT2D eigenvalue weighted by Crippen LogP contribution is -2.55. The summed E-state index contributed by atoms with van der Waals surface area (Å²) in [6.45, 7) is 9.24. The van der Waals surface area contributed by atoms with Gasteiger partial charge in [-0.2, -0.15) is 0 Å². The third-order valence-corrected chi connectivity index (χ3v) is 2.49. The Morgan fingerprint density at radius 1 is 1.19 bits per heavy atom. The summed E-state index contributed by atoms with van der Waals surface area (Å²) >= 11 is 0. The quantitative estimate of drug-likeness (QED) is 0.632. The van der Waals surface area contributed by atoms with E-state index < -0.39 is 18.0 Å². The van der Waals surface area contributed by atoms with Gasteiger partial charge in [0.15, 0.2) is 0 Å². The highest BCUT2D eigenvalue weighted by atomic mass is 16.2. The van der Waals surface area contributed by atoms with Gasteiger partial charge >= 0.3 is 0 Å². The first kappa shape index (κ1) is 14.9. The van der Waals surface area contributed by atoms with E-state index >= 15 is 0 Å². The van der Waals surface area contributed by atoms with Gasteiger partial charge in [-0.15, -0.1) is 0 Å². The van der Waals surface area contributed by atoms with Crippen molar-refractivity contribution in [3.05, 3.63) is 0 Å². The zero-order valence-electron chi connectivity index (χ0n) is 10.7. The minimum Gasteiger partial charge on any atom is -0.368 e. The van der Waals surface area contributed by atoms with Gasteiger partial charge in [0.05, 0.1) is 6.04 Å². The standard InChI is InChI=1S/C11H23N3O2/c1-6(2)7(9(13)15)14-10(16)8(12)11(3,4)5/h6-8H,12H2,1-5H3,(H2,13,15)(H,14,16)/t7?,8-/m1/s1. The van der Waals surface area contributed by atoms with Crippen molar-refractivity contribution < 1.29 is 9.59 Å². The van der Waals surface area contributed by atoms with E-state index in [2.05, 4.69) is 5.32 Å². The number of nitrogens with two attached hydrogens (primary N) is 2. The van der Waals surface area contributed by atoms with Crippen LogP contribution in [0.5, 0.6) is 0 Å². The van der Waals surface area contributed by atoms with E-state index in [-0.39, 0.29) is 17.2 Å². The Kier molecular flexibility index (Phi) is 4.93. The summed E-state index contributed by atoms with van der Waals surface area (Å²) in [5, 5.41) is 2.58. The molecule has 1 unspecified atom stereocenters. The van der Waals surface area contributed by atoms with Gasteiger partial charge in [0, 0.05) is 0 Å². The SMILES string of the molecule is CC(C)C(NC(=O)[C@@H](N)C(C)(C)C)C(N)=O. The van der Waals surface area contributed by atoms with Crippen LogP contribution in [0.3, 0.4) is 0 Å². The first-order valence-corrected chi connectivity index (χ1v) is 5.42. The van der Waals surface area contributed by atoms with Crippen molar-refractivity contribution in [2.45, 2.75) is 46.7 Å². The number of amides is 2. The normalized spacial score (nSPS) is 15.7. The molecule has 16 heavy (non-hydrogen) atoms. The molecule has 94 valence electrons. The minimum absolute atomic E-state index is 0.0476. The molecule has 0 saturated heterocycles. The highest BCUT2D eigenvalue weighted by molar-refractivity contribution is 5.89. The van der Waals surface area contributed by atoms with Crippen LogP contribution in [0, 0.1) is 11.3 Å². The number of primary amides is 1. The Morgan fingerprint density at radius 3 is 1.88 bits per heavy atom. The molecule has 5 N–H and O–H groups in total. The molecule has 0 aliphatic rings. The van der Waals surface area contributed by atoms with Crippen LogP contribution in [0.1, 0.15) is 34.6 Å². The third-order valence-electron chi connectivity index (χ3n) is 2.49. The first-order chi connectivity index (χ1) is 7.07. The van der Waals surface area contributed by atoms with Crippen molar-refractivity contribution in [3.63, 3.8) is 0 Å². The molecule has 0 aromatic heterocycles. The van der Waals surface area contributed by atoms with Gasteiger partial charge in [-0.05, 0) is 11.3 Å². The Balaban J connectivity index is 4.60. The highest BCUT2D eigenvalue weighted by Gasteiger charge is 2.30. The van der Waals surface area contributed by atoms with E-state index in [9.17, 15) is 9.59 Å². The number of hydrogen-bond acceptors (Lipinski definition) is 3. The smallest absolute Gasteiger partial charge is 0.240 e. The van der Waals surface area contributed by atoms with Crippen LogP contribution in [-0.2, 0) is 9.59 Å². The van der Waals surface area contributed by atoms with Crippen molar-refractivity contribution in [1.29, 1.82) is 0 Å². The second-order valence-corrected chi connectivity index (χ2v) is 5.48. The molecule has 0 fully saturated rings. The molecule has 0 radical (unpaired) electrons. The van der Waals surface area contributed by atoms with Crippen LogP contribution in [0.25, 0.3) is 0 Å². The molecule has 2 atom stereocenters. The zero-order chi connectivity index (χ0) is 13.1. The van der Waals surface area contributed by atoms with Gasteiger partial charge in [0.2, 0.25) is 11.8 Å². The van der Waals surface area contributed by atoms with Crippen LogP contribution >= 0.6 is 0 Å². The Morgan fingerprint density at radius 2 is 1.62 bits per heavy atom. The maximum absolute atomic E-state index is 11.8. The lowest BCUT2D eigenvalue weighted by molar-refractivity contribution is -0.130. The largest absolute Gasteiger partial charge is 0.368 e. The van der Waals surface area contributed by atoms with Crippen LogP contribution in [0.4, 0.5) is 0 Å². The lowest BCUT2D eigenvalue weighted by Gasteiger charge is -2.28. The number of nitrogens with one attached hydrogen (secondary N) is 1. The summed E-state index contributed by atoms with van der Waals surface area (Å²) in [6.07, 6.45) is 0. The van der Waals surface area contributed by atoms with Crippen LogP contribution < -0.4 is 16.8 Å². The molecule has 0 saturated carbocycles. The second kappa shape index (κ2) is 5.30. The fourth-order valence-corrected chi connectivity index (χ4v) is 1.20. The van der Waals surface area contributed by atoms with E-state index in [4.69, 9.17) is 11.5 Å². The zero-order valence-corrected chi connectivity index (χ0v) is 10.7. The molecule has 2 amide bonds. The lowest BCUT2D eigenvalue weighted by atomic mass is 9.86. The van der Waals surface area contributed by atoms with Crippen LogP contribution in [0.2, 0.25) is 0 Å². The number of carbonyl (C=O) groups is 2. The minimum atomic E-state index is -0.666. The van der Waals surface area contributed by atoms with Gasteiger partial charge in [-0.1, -0.05) is 34.6 Å². The Labute approximate surface area is 96.9 Å². The van der Waals surface area contributed by atoms with Crippen molar-refractivity contribution in [2.24, 2.45) is 22.8 Å². The maximum atomic E-state index is 11.8. The van der Waals surface area contributed by atoms with Crippen molar-refractivity contribution in [1.82, 2.24) is 5.32 Å². The van der Waals surface area contributed by atoms with Crippen molar-refractivity contribution in [2.75, 3.05) is 0 Å². The van der Waals surface area contributed by atoms with E-state index in [1.54, 1.807) is 0 Å². The highest BCUT2D eigenvalue weighted by Crippen LogP contribution is 2.17. The Hall–Kier alpha value is -1.10. The fourth-order valence-electron chi connectivity index (χ4n) is 1.20. The number of rotatable bonds is 4. The summed E-state index contributed by atoms with van der Waals surface area (Å²) in [4.78, 5) is 22.9. The maximum Gasteiger partial charge on any atom is 0.240 e. The first-order valence-electron chi connectivity index (χ1n) is 5.42. The van der Waals surface area contributed by atoms with E-state index in [0.717, 1.165) is 0 Å². The predicted molar refractivity (Wildman–Crippen MR) is 63.4 cm³/mol. The molecule has 0 aliphatic carbocycles. The molecule has 0 aliphatic heterocycles. The van der Waals surface area contributed by atoms with E-state index in [1.807, 2.05) is 34.6 Å². The summed E-state index contributed by atoms with van der Waals surface area (Å²) in [5.41, 5.74) is 10.6. The summed E-state index contributed by atoms with van der Waals surface area (Å²) in [6, 6.07) is -1.33. The van der Waals surface area contributed by atoms with E-state index in [1.165, 1.54) is 0 Å². The van der Waals surface area contributed by atoms with Crippen LogP contribution in [-0.4, -0.2) is 23.9 Å². The van der Waals surface area contributed by atoms with Gasteiger partial charge in [-0.25, -0.2) is 0 Å². The van der Waals surface area contributed by atoms with Gasteiger partial charge in [0.25, 0.3) is 0 Å². The van der Waals surface area contributed by atoms with Crippen LogP contribution in [0.15, 0.2) is 0 Å². The van der Waals surface area contributed by atoms with Gasteiger partial charge in [0.1, 0.15) is 6.04 Å². The average molecular weight is 229 g/mol. The van der Waals surface area contributed by atoms with E-state index in [0.29, 0.717) is 0 Å². The van der Waals surface area contributed by atoms with Crippen molar-refractivity contribution >= 4 is 11.8 Å². The Bertz CT molecular complexity index is 269. The molecular formula is C11H23N3O2. The monoisotopic (exact) mass is 229 g/mol. The average Bonchev–Trinajstić information content (AvgIpc) is 2.09. The predicted octanol–water partition coefficient (Wildman–Crippen LogP) is -0.0141. The summed E-state index contributed by atoms with van der Waals surface area (Å²) < 4.78 is 0. The fraction of sp³-hybridized carbons (Fsp3) is 0.818. The topological polar surface area (TPSA) is 98.2 Å². The molecule has 0 spiro atoms.